The molecule has 1 heterocycles. The molecule has 20 heavy (non-hydrogen) atoms. The summed E-state index contributed by atoms with van der Waals surface area (Å²) in [6.07, 6.45) is 3.80. The number of primary amides is 1. The summed E-state index contributed by atoms with van der Waals surface area (Å²) >= 11 is 6.12. The van der Waals surface area contributed by atoms with Crippen molar-refractivity contribution in [3.8, 4) is 0 Å². The Hall–Kier alpha value is -1.07. The third-order valence-electron chi connectivity index (χ3n) is 3.98. The minimum absolute atomic E-state index is 0.282. The lowest BCUT2D eigenvalue weighted by Gasteiger charge is -2.27. The SMILES string of the molecule is Cc1nn(CCCC(C)(NC2CC2)C(N)=O)c(C)c1Cl. The van der Waals surface area contributed by atoms with Crippen LogP contribution in [-0.4, -0.2) is 27.3 Å². The smallest absolute Gasteiger partial charge is 0.237 e. The van der Waals surface area contributed by atoms with E-state index >= 15 is 0 Å². The molecule has 1 aliphatic carbocycles. The summed E-state index contributed by atoms with van der Waals surface area (Å²) in [5.41, 5.74) is 6.73. The van der Waals surface area contributed by atoms with Crippen LogP contribution in [0.25, 0.3) is 0 Å². The maximum Gasteiger partial charge on any atom is 0.237 e. The zero-order valence-corrected chi connectivity index (χ0v) is 13.1. The molecule has 5 nitrogen and oxygen atoms in total. The number of nitrogens with two attached hydrogens (primary N) is 1. The maximum atomic E-state index is 11.7. The fourth-order valence-electron chi connectivity index (χ4n) is 2.42. The summed E-state index contributed by atoms with van der Waals surface area (Å²) in [7, 11) is 0. The zero-order valence-electron chi connectivity index (χ0n) is 12.4. The van der Waals surface area contributed by atoms with E-state index in [1.807, 2.05) is 25.5 Å². The number of hydrogen-bond donors (Lipinski definition) is 2. The predicted molar refractivity (Wildman–Crippen MR) is 79.7 cm³/mol. The number of amides is 1. The van der Waals surface area contributed by atoms with Crippen LogP contribution in [0.15, 0.2) is 0 Å². The lowest BCUT2D eigenvalue weighted by molar-refractivity contribution is -0.124. The third kappa shape index (κ3) is 3.33. The van der Waals surface area contributed by atoms with Gasteiger partial charge in [0.15, 0.2) is 0 Å². The Morgan fingerprint density at radius 2 is 2.20 bits per heavy atom. The largest absolute Gasteiger partial charge is 0.368 e. The van der Waals surface area contributed by atoms with E-state index in [0.29, 0.717) is 12.5 Å². The molecule has 6 heteroatoms. The Morgan fingerprint density at radius 1 is 1.55 bits per heavy atom. The van der Waals surface area contributed by atoms with Crippen molar-refractivity contribution < 1.29 is 4.79 Å². The molecule has 1 aliphatic rings. The number of hydrogen-bond acceptors (Lipinski definition) is 3. The lowest BCUT2D eigenvalue weighted by Crippen LogP contribution is -2.54. The summed E-state index contributed by atoms with van der Waals surface area (Å²) in [5.74, 6) is -0.282. The molecule has 0 spiro atoms. The summed E-state index contributed by atoms with van der Waals surface area (Å²) in [6.45, 7) is 6.49. The number of nitrogens with zero attached hydrogens (tertiary/aromatic N) is 2. The molecule has 0 saturated heterocycles. The molecule has 0 bridgehead atoms. The highest BCUT2D eigenvalue weighted by Crippen LogP contribution is 2.25. The van der Waals surface area contributed by atoms with Gasteiger partial charge in [0.2, 0.25) is 5.91 Å². The van der Waals surface area contributed by atoms with Gasteiger partial charge in [0.25, 0.3) is 0 Å². The number of aryl methyl sites for hydroxylation is 2. The summed E-state index contributed by atoms with van der Waals surface area (Å²) in [6, 6.07) is 0.454. The highest BCUT2D eigenvalue weighted by molar-refractivity contribution is 6.31. The van der Waals surface area contributed by atoms with Gasteiger partial charge in [-0.05, 0) is 46.5 Å². The number of nitrogens with one attached hydrogen (secondary N) is 1. The molecule has 1 atom stereocenters. The minimum Gasteiger partial charge on any atom is -0.368 e. The van der Waals surface area contributed by atoms with Gasteiger partial charge in [0.05, 0.1) is 21.9 Å². The van der Waals surface area contributed by atoms with Gasteiger partial charge in [-0.1, -0.05) is 11.6 Å². The summed E-state index contributed by atoms with van der Waals surface area (Å²) in [5, 5.41) is 8.47. The van der Waals surface area contributed by atoms with E-state index in [0.717, 1.165) is 42.2 Å². The molecule has 2 rings (SSSR count). The van der Waals surface area contributed by atoms with Crippen molar-refractivity contribution in [3.63, 3.8) is 0 Å². The Balaban J connectivity index is 1.92. The van der Waals surface area contributed by atoms with Gasteiger partial charge in [0, 0.05) is 12.6 Å². The molecule has 1 amide bonds. The van der Waals surface area contributed by atoms with Crippen LogP contribution in [0, 0.1) is 13.8 Å². The van der Waals surface area contributed by atoms with Gasteiger partial charge >= 0.3 is 0 Å². The first-order valence-electron chi connectivity index (χ1n) is 7.10. The molecule has 1 aromatic rings. The molecule has 0 aliphatic heterocycles. The first-order chi connectivity index (χ1) is 9.33. The summed E-state index contributed by atoms with van der Waals surface area (Å²) < 4.78 is 1.90. The Kier molecular flexibility index (Phi) is 4.39. The highest BCUT2D eigenvalue weighted by Gasteiger charge is 2.36. The molecule has 3 N–H and O–H groups in total. The standard InChI is InChI=1S/C14H23ClN4O/c1-9-12(15)10(2)19(18-9)8-4-7-14(3,13(16)20)17-11-5-6-11/h11,17H,4-8H2,1-3H3,(H2,16,20). The number of rotatable bonds is 7. The molecule has 0 aromatic carbocycles. The molecule has 112 valence electrons. The molecule has 1 saturated carbocycles. The quantitative estimate of drug-likeness (QED) is 0.808. The van der Waals surface area contributed by atoms with Crippen molar-refractivity contribution >= 4 is 17.5 Å². The van der Waals surface area contributed by atoms with E-state index < -0.39 is 5.54 Å². The molecular formula is C14H23ClN4O. The van der Waals surface area contributed by atoms with Gasteiger partial charge in [-0.25, -0.2) is 0 Å². The van der Waals surface area contributed by atoms with Crippen LogP contribution in [0.1, 0.15) is 44.0 Å². The number of carbonyl (C=O) groups is 1. The number of halogens is 1. The molecule has 1 aromatic heterocycles. The van der Waals surface area contributed by atoms with E-state index in [1.165, 1.54) is 0 Å². The second-order valence-corrected chi connectivity index (χ2v) is 6.30. The Bertz CT molecular complexity index is 510. The van der Waals surface area contributed by atoms with Crippen LogP contribution in [0.2, 0.25) is 5.02 Å². The average Bonchev–Trinajstić information content (AvgIpc) is 3.15. The molecule has 1 unspecified atom stereocenters. The monoisotopic (exact) mass is 298 g/mol. The van der Waals surface area contributed by atoms with Gasteiger partial charge in [-0.15, -0.1) is 0 Å². The molecular weight excluding hydrogens is 276 g/mol. The summed E-state index contributed by atoms with van der Waals surface area (Å²) in [4.78, 5) is 11.7. The van der Waals surface area contributed by atoms with E-state index in [4.69, 9.17) is 17.3 Å². The molecule has 0 radical (unpaired) electrons. The van der Waals surface area contributed by atoms with Crippen LogP contribution >= 0.6 is 11.6 Å². The first-order valence-corrected chi connectivity index (χ1v) is 7.48. The van der Waals surface area contributed by atoms with Crippen LogP contribution in [0.3, 0.4) is 0 Å². The van der Waals surface area contributed by atoms with Crippen molar-refractivity contribution in [1.29, 1.82) is 0 Å². The lowest BCUT2D eigenvalue weighted by atomic mass is 9.94. The van der Waals surface area contributed by atoms with E-state index in [1.54, 1.807) is 0 Å². The Morgan fingerprint density at radius 3 is 2.65 bits per heavy atom. The normalized spacial score (nSPS) is 18.0. The van der Waals surface area contributed by atoms with Crippen LogP contribution in [0.5, 0.6) is 0 Å². The highest BCUT2D eigenvalue weighted by atomic mass is 35.5. The fraction of sp³-hybridized carbons (Fsp3) is 0.714. The van der Waals surface area contributed by atoms with E-state index in [9.17, 15) is 4.79 Å². The second kappa shape index (κ2) is 5.74. The maximum absolute atomic E-state index is 11.7. The second-order valence-electron chi connectivity index (χ2n) is 5.93. The average molecular weight is 299 g/mol. The van der Waals surface area contributed by atoms with Gasteiger partial charge in [-0.3, -0.25) is 9.48 Å². The number of carbonyl (C=O) groups excluding carboxylic acids is 1. The van der Waals surface area contributed by atoms with Crippen LogP contribution < -0.4 is 11.1 Å². The predicted octanol–water partition coefficient (Wildman–Crippen LogP) is 1.93. The number of aromatic nitrogens is 2. The van der Waals surface area contributed by atoms with Crippen molar-refractivity contribution in [2.75, 3.05) is 0 Å². The topological polar surface area (TPSA) is 72.9 Å². The van der Waals surface area contributed by atoms with Crippen molar-refractivity contribution in [2.45, 2.75) is 64.6 Å². The zero-order chi connectivity index (χ0) is 14.9. The fourth-order valence-corrected chi connectivity index (χ4v) is 2.56. The van der Waals surface area contributed by atoms with Gasteiger partial charge in [0.1, 0.15) is 0 Å². The van der Waals surface area contributed by atoms with Crippen LogP contribution in [0.4, 0.5) is 0 Å². The van der Waals surface area contributed by atoms with Gasteiger partial charge < -0.3 is 11.1 Å². The van der Waals surface area contributed by atoms with E-state index in [2.05, 4.69) is 10.4 Å². The Labute approximate surface area is 124 Å². The van der Waals surface area contributed by atoms with Crippen molar-refractivity contribution in [2.24, 2.45) is 5.73 Å². The van der Waals surface area contributed by atoms with Crippen molar-refractivity contribution in [1.82, 2.24) is 15.1 Å². The van der Waals surface area contributed by atoms with E-state index in [-0.39, 0.29) is 5.91 Å². The molecule has 1 fully saturated rings. The minimum atomic E-state index is -0.624. The van der Waals surface area contributed by atoms with Gasteiger partial charge in [-0.2, -0.15) is 5.10 Å². The third-order valence-corrected chi connectivity index (χ3v) is 4.53. The first kappa shape index (κ1) is 15.3. The van der Waals surface area contributed by atoms with Crippen molar-refractivity contribution in [3.05, 3.63) is 16.4 Å². The van der Waals surface area contributed by atoms with Crippen LogP contribution in [-0.2, 0) is 11.3 Å².